The molecule has 10 heteroatoms. The number of rotatable bonds is 9. The predicted octanol–water partition coefficient (Wildman–Crippen LogP) is 3.65. The van der Waals surface area contributed by atoms with Gasteiger partial charge >= 0.3 is 12.2 Å². The lowest BCUT2D eigenvalue weighted by atomic mass is 10.1. The summed E-state index contributed by atoms with van der Waals surface area (Å²) in [6, 6.07) is 12.9. The van der Waals surface area contributed by atoms with Crippen LogP contribution in [0, 0.1) is 0 Å². The van der Waals surface area contributed by atoms with Crippen molar-refractivity contribution in [1.29, 1.82) is 0 Å². The van der Waals surface area contributed by atoms with Crippen LogP contribution in [0.15, 0.2) is 48.5 Å². The molecule has 2 aromatic rings. The van der Waals surface area contributed by atoms with Gasteiger partial charge in [0.15, 0.2) is 0 Å². The van der Waals surface area contributed by atoms with Crippen molar-refractivity contribution in [3.63, 3.8) is 0 Å². The highest BCUT2D eigenvalue weighted by Crippen LogP contribution is 2.16. The van der Waals surface area contributed by atoms with Crippen molar-refractivity contribution in [2.75, 3.05) is 19.7 Å². The van der Waals surface area contributed by atoms with Crippen molar-refractivity contribution >= 4 is 23.5 Å². The molecule has 0 fully saturated rings. The number of hydrogen-bond acceptors (Lipinski definition) is 3. The molecule has 0 spiro atoms. The summed E-state index contributed by atoms with van der Waals surface area (Å²) in [6.07, 6.45) is -4.35. The normalized spacial score (nSPS) is 11.1. The van der Waals surface area contributed by atoms with Crippen LogP contribution in [0.1, 0.15) is 21.5 Å². The summed E-state index contributed by atoms with van der Waals surface area (Å²) >= 11 is 5.94. The summed E-state index contributed by atoms with van der Waals surface area (Å²) < 4.78 is 40.7. The summed E-state index contributed by atoms with van der Waals surface area (Å²) in [4.78, 5) is 23.8. The van der Waals surface area contributed by atoms with Gasteiger partial charge in [0.25, 0.3) is 5.91 Å². The van der Waals surface area contributed by atoms with Crippen LogP contribution in [0.2, 0.25) is 5.02 Å². The van der Waals surface area contributed by atoms with E-state index in [9.17, 15) is 22.8 Å². The molecular weight excluding hydrogens is 423 g/mol. The highest BCUT2D eigenvalue weighted by Gasteiger charge is 2.27. The van der Waals surface area contributed by atoms with Gasteiger partial charge in [-0.25, -0.2) is 4.79 Å². The smallest absolute Gasteiger partial charge is 0.367 e. The minimum Gasteiger partial charge on any atom is -0.367 e. The molecule has 0 heterocycles. The fourth-order valence-corrected chi connectivity index (χ4v) is 2.60. The van der Waals surface area contributed by atoms with E-state index in [0.29, 0.717) is 16.1 Å². The minimum absolute atomic E-state index is 0.145. The summed E-state index contributed by atoms with van der Waals surface area (Å²) in [7, 11) is 0. The third-order valence-corrected chi connectivity index (χ3v) is 4.15. The number of carbonyl (C=O) groups is 2. The first kappa shape index (κ1) is 23.5. The van der Waals surface area contributed by atoms with E-state index in [-0.39, 0.29) is 32.1 Å². The Kier molecular flexibility index (Phi) is 8.94. The second kappa shape index (κ2) is 11.4. The van der Waals surface area contributed by atoms with E-state index in [1.807, 2.05) is 0 Å². The molecule has 0 atom stereocenters. The maximum absolute atomic E-state index is 12.0. The zero-order chi connectivity index (χ0) is 22.0. The first-order chi connectivity index (χ1) is 14.2. The number of ether oxygens (including phenoxy) is 1. The quantitative estimate of drug-likeness (QED) is 0.518. The number of carbonyl (C=O) groups excluding carboxylic acids is 2. The Morgan fingerprint density at radius 2 is 1.53 bits per heavy atom. The molecule has 0 aliphatic heterocycles. The predicted molar refractivity (Wildman–Crippen MR) is 106 cm³/mol. The van der Waals surface area contributed by atoms with Crippen LogP contribution in [0.5, 0.6) is 0 Å². The molecule has 0 saturated heterocycles. The molecule has 3 amide bonds. The number of urea groups is 1. The summed E-state index contributed by atoms with van der Waals surface area (Å²) in [5, 5.41) is 8.25. The second-order valence-electron chi connectivity index (χ2n) is 6.27. The Bertz CT molecular complexity index is 845. The van der Waals surface area contributed by atoms with Gasteiger partial charge in [0, 0.05) is 19.6 Å². The Hall–Kier alpha value is -2.78. The molecule has 6 nitrogen and oxygen atoms in total. The molecule has 0 saturated carbocycles. The van der Waals surface area contributed by atoms with Gasteiger partial charge in [-0.1, -0.05) is 48.0 Å². The molecule has 0 unspecified atom stereocenters. The topological polar surface area (TPSA) is 79.5 Å². The number of halogens is 4. The van der Waals surface area contributed by atoms with E-state index in [4.69, 9.17) is 11.6 Å². The number of benzene rings is 2. The van der Waals surface area contributed by atoms with Crippen molar-refractivity contribution in [1.82, 2.24) is 16.0 Å². The van der Waals surface area contributed by atoms with Crippen molar-refractivity contribution < 1.29 is 27.5 Å². The monoisotopic (exact) mass is 443 g/mol. The zero-order valence-electron chi connectivity index (χ0n) is 15.9. The van der Waals surface area contributed by atoms with E-state index in [0.717, 1.165) is 5.56 Å². The highest BCUT2D eigenvalue weighted by atomic mass is 35.5. The summed E-state index contributed by atoms with van der Waals surface area (Å²) in [5.41, 5.74) is 1.73. The van der Waals surface area contributed by atoms with Gasteiger partial charge in [0.1, 0.15) is 6.61 Å². The highest BCUT2D eigenvalue weighted by molar-refractivity contribution is 6.33. The Morgan fingerprint density at radius 3 is 2.20 bits per heavy atom. The maximum atomic E-state index is 12.0. The lowest BCUT2D eigenvalue weighted by Gasteiger charge is -2.10. The van der Waals surface area contributed by atoms with Crippen LogP contribution in [0.25, 0.3) is 0 Å². The van der Waals surface area contributed by atoms with Crippen LogP contribution in [-0.4, -0.2) is 37.8 Å². The molecule has 0 aliphatic rings. The van der Waals surface area contributed by atoms with Gasteiger partial charge in [0.2, 0.25) is 0 Å². The molecule has 0 aliphatic carbocycles. The lowest BCUT2D eigenvalue weighted by Crippen LogP contribution is -2.40. The van der Waals surface area contributed by atoms with Gasteiger partial charge in [-0.15, -0.1) is 0 Å². The molecule has 0 bridgehead atoms. The largest absolute Gasteiger partial charge is 0.411 e. The Labute approximate surface area is 176 Å². The van der Waals surface area contributed by atoms with E-state index < -0.39 is 18.8 Å². The third-order valence-electron chi connectivity index (χ3n) is 3.83. The second-order valence-corrected chi connectivity index (χ2v) is 6.68. The first-order valence-corrected chi connectivity index (χ1v) is 9.39. The first-order valence-electron chi connectivity index (χ1n) is 9.01. The molecule has 2 rings (SSSR count). The van der Waals surface area contributed by atoms with Crippen LogP contribution in [0.4, 0.5) is 18.0 Å². The van der Waals surface area contributed by atoms with Crippen LogP contribution in [0.3, 0.4) is 0 Å². The molecule has 3 N–H and O–H groups in total. The molecule has 162 valence electrons. The Balaban J connectivity index is 1.62. The number of alkyl halides is 3. The van der Waals surface area contributed by atoms with Gasteiger partial charge in [0.05, 0.1) is 17.2 Å². The summed E-state index contributed by atoms with van der Waals surface area (Å²) in [6.45, 7) is -0.758. The van der Waals surface area contributed by atoms with Crippen molar-refractivity contribution in [3.05, 3.63) is 70.2 Å². The van der Waals surface area contributed by atoms with E-state index >= 15 is 0 Å². The van der Waals surface area contributed by atoms with E-state index in [1.165, 1.54) is 0 Å². The molecule has 30 heavy (non-hydrogen) atoms. The summed E-state index contributed by atoms with van der Waals surface area (Å²) in [5.74, 6) is -0.331. The van der Waals surface area contributed by atoms with E-state index in [1.54, 1.807) is 48.5 Å². The zero-order valence-corrected chi connectivity index (χ0v) is 16.6. The van der Waals surface area contributed by atoms with Crippen LogP contribution < -0.4 is 16.0 Å². The van der Waals surface area contributed by atoms with Gasteiger partial charge < -0.3 is 20.7 Å². The number of amides is 3. The number of hydrogen-bond donors (Lipinski definition) is 3. The number of nitrogens with one attached hydrogen (secondary N) is 3. The Morgan fingerprint density at radius 1 is 0.900 bits per heavy atom. The fraction of sp³-hybridized carbons (Fsp3) is 0.300. The SMILES string of the molecule is O=C(NCCNC(=O)c1ccccc1Cl)NCc1ccc(COCC(F)(F)F)cc1. The lowest BCUT2D eigenvalue weighted by molar-refractivity contribution is -0.176. The minimum atomic E-state index is -4.35. The average Bonchev–Trinajstić information content (AvgIpc) is 2.70. The third kappa shape index (κ3) is 8.71. The van der Waals surface area contributed by atoms with Crippen molar-refractivity contribution in [2.24, 2.45) is 0 Å². The standard InChI is InChI=1S/C20H21ClF3N3O3/c21-17-4-2-1-3-16(17)18(28)25-9-10-26-19(29)27-11-14-5-7-15(8-6-14)12-30-13-20(22,23)24/h1-8H,9-13H2,(H,25,28)(H2,26,27,29). The molecule has 2 aromatic carbocycles. The van der Waals surface area contributed by atoms with E-state index in [2.05, 4.69) is 20.7 Å². The van der Waals surface area contributed by atoms with Gasteiger partial charge in [-0.2, -0.15) is 13.2 Å². The average molecular weight is 444 g/mol. The molecular formula is C20H21ClF3N3O3. The maximum Gasteiger partial charge on any atom is 0.411 e. The van der Waals surface area contributed by atoms with Gasteiger partial charge in [-0.3, -0.25) is 4.79 Å². The van der Waals surface area contributed by atoms with Crippen LogP contribution >= 0.6 is 11.6 Å². The van der Waals surface area contributed by atoms with Gasteiger partial charge in [-0.05, 0) is 23.3 Å². The van der Waals surface area contributed by atoms with Crippen LogP contribution in [-0.2, 0) is 17.9 Å². The van der Waals surface area contributed by atoms with Crippen molar-refractivity contribution in [3.8, 4) is 0 Å². The fourth-order valence-electron chi connectivity index (χ4n) is 2.38. The van der Waals surface area contributed by atoms with Crippen molar-refractivity contribution in [2.45, 2.75) is 19.3 Å². The molecule has 0 aromatic heterocycles. The molecule has 0 radical (unpaired) electrons.